The molecule has 1 aliphatic heterocycles. The van der Waals surface area contributed by atoms with Gasteiger partial charge in [-0.05, 0) is 14.1 Å². The Balaban J connectivity index is 3.86. The van der Waals surface area contributed by atoms with Crippen molar-refractivity contribution in [3.8, 4) is 0 Å². The quantitative estimate of drug-likeness (QED) is 0.501. The summed E-state index contributed by atoms with van der Waals surface area (Å²) in [4.78, 5) is 0. The SMILES string of the molecule is COP1(F)=NP(F)(CO)=NP(F)(N(C)C)=NP(F)(OC)=N1. The highest BCUT2D eigenvalue weighted by molar-refractivity contribution is 7.80. The van der Waals surface area contributed by atoms with Crippen molar-refractivity contribution in [1.82, 2.24) is 4.67 Å². The average Bonchev–Trinajstić information content (AvgIpc) is 2.36. The van der Waals surface area contributed by atoms with Gasteiger partial charge in [0.1, 0.15) is 6.35 Å². The van der Waals surface area contributed by atoms with E-state index in [1.54, 1.807) is 0 Å². The highest BCUT2D eigenvalue weighted by Crippen LogP contribution is 2.81. The Hall–Kier alpha value is 0.480. The van der Waals surface area contributed by atoms with Crippen molar-refractivity contribution in [2.24, 2.45) is 18.1 Å². The Morgan fingerprint density at radius 1 is 0.905 bits per heavy atom. The minimum absolute atomic E-state index is 0.728. The molecule has 1 heterocycles. The summed E-state index contributed by atoms with van der Waals surface area (Å²) in [5.41, 5.74) is 0. The van der Waals surface area contributed by atoms with E-state index in [-0.39, 0.29) is 0 Å². The lowest BCUT2D eigenvalue weighted by Crippen LogP contribution is -2.04. The average molecular weight is 393 g/mol. The van der Waals surface area contributed by atoms with Gasteiger partial charge in [0.15, 0.2) is 0 Å². The van der Waals surface area contributed by atoms with Crippen LogP contribution in [0.1, 0.15) is 0 Å². The molecule has 0 aromatic heterocycles. The second-order valence-electron chi connectivity index (χ2n) is 3.80. The van der Waals surface area contributed by atoms with Gasteiger partial charge in [0.25, 0.3) is 7.52 Å². The third kappa shape index (κ3) is 4.49. The van der Waals surface area contributed by atoms with Crippen LogP contribution in [0.15, 0.2) is 18.1 Å². The van der Waals surface area contributed by atoms with Gasteiger partial charge in [-0.3, -0.25) is 0 Å². The molecule has 0 saturated carbocycles. The van der Waals surface area contributed by atoms with Crippen molar-refractivity contribution in [2.75, 3.05) is 34.7 Å². The summed E-state index contributed by atoms with van der Waals surface area (Å²) in [6, 6.07) is 0. The van der Waals surface area contributed by atoms with Crippen LogP contribution in [-0.2, 0) is 9.05 Å². The third-order valence-corrected chi connectivity index (χ3v) is 11.9. The second kappa shape index (κ2) is 6.54. The van der Waals surface area contributed by atoms with Crippen LogP contribution >= 0.6 is 30.7 Å². The number of aliphatic hydroxyl groups is 1. The molecular weight excluding hydrogens is 378 g/mol. The summed E-state index contributed by atoms with van der Waals surface area (Å²) in [7, 11) is -15.0. The van der Waals surface area contributed by atoms with E-state index in [9.17, 15) is 16.8 Å². The molecular formula is C5H15F4N5O3P4. The predicted molar refractivity (Wildman–Crippen MR) is 76.6 cm³/mol. The van der Waals surface area contributed by atoms with Crippen LogP contribution in [0.4, 0.5) is 16.8 Å². The molecule has 0 aliphatic carbocycles. The van der Waals surface area contributed by atoms with Crippen molar-refractivity contribution >= 4 is 30.7 Å². The molecule has 0 aromatic carbocycles. The van der Waals surface area contributed by atoms with Gasteiger partial charge < -0.3 is 14.2 Å². The lowest BCUT2D eigenvalue weighted by atomic mass is 11.3. The number of aliphatic hydroxyl groups excluding tert-OH is 1. The van der Waals surface area contributed by atoms with Gasteiger partial charge in [-0.25, -0.2) is 4.67 Å². The normalized spacial score (nSPS) is 43.9. The zero-order valence-corrected chi connectivity index (χ0v) is 15.1. The minimum atomic E-state index is -4.82. The van der Waals surface area contributed by atoms with Crippen molar-refractivity contribution in [3.63, 3.8) is 0 Å². The highest BCUT2D eigenvalue weighted by atomic mass is 31.3. The van der Waals surface area contributed by atoms with E-state index < -0.39 is 37.0 Å². The van der Waals surface area contributed by atoms with Crippen molar-refractivity contribution < 1.29 is 30.9 Å². The van der Waals surface area contributed by atoms with E-state index in [1.165, 1.54) is 0 Å². The lowest BCUT2D eigenvalue weighted by Gasteiger charge is -2.24. The standard InChI is InChI=1S/C5H15F4N5O3P4/c1-14(2)19(7)10-18(6,5-15)11-20(8,16-3)13-21(9,12-19)17-4/h15H,5H2,1-4H3. The molecule has 0 fully saturated rings. The van der Waals surface area contributed by atoms with Crippen LogP contribution < -0.4 is 0 Å². The second-order valence-corrected chi connectivity index (χ2v) is 12.6. The van der Waals surface area contributed by atoms with E-state index in [2.05, 4.69) is 27.1 Å². The molecule has 0 amide bonds. The van der Waals surface area contributed by atoms with Crippen LogP contribution in [0.25, 0.3) is 0 Å². The Bertz CT molecular complexity index is 632. The maximum Gasteiger partial charge on any atom is 0.386 e. The van der Waals surface area contributed by atoms with Gasteiger partial charge in [-0.2, -0.15) is 25.8 Å². The lowest BCUT2D eigenvalue weighted by molar-refractivity contribution is 0.361. The topological polar surface area (TPSA) is 91.4 Å². The first-order valence-electron chi connectivity index (χ1n) is 5.18. The van der Waals surface area contributed by atoms with Gasteiger partial charge in [-0.1, -0.05) is 0 Å². The smallest absolute Gasteiger partial charge is 0.386 e. The fraction of sp³-hybridized carbons (Fsp3) is 1.00. The molecule has 4 atom stereocenters. The minimum Gasteiger partial charge on any atom is -0.386 e. The molecule has 16 heteroatoms. The summed E-state index contributed by atoms with van der Waals surface area (Å²) in [6.07, 6.45) is -1.36. The molecule has 0 spiro atoms. The van der Waals surface area contributed by atoms with Gasteiger partial charge in [0.05, 0.1) is 0 Å². The van der Waals surface area contributed by atoms with E-state index in [0.717, 1.165) is 33.0 Å². The van der Waals surface area contributed by atoms with Crippen molar-refractivity contribution in [3.05, 3.63) is 0 Å². The molecule has 1 aliphatic rings. The Labute approximate surface area is 120 Å². The van der Waals surface area contributed by atoms with Gasteiger partial charge in [-0.15, -0.1) is 9.03 Å². The zero-order chi connectivity index (χ0) is 16.5. The number of halogens is 4. The number of nitrogens with zero attached hydrogens (tertiary/aromatic N) is 5. The molecule has 0 radical (unpaired) electrons. The van der Waals surface area contributed by atoms with Crippen molar-refractivity contribution in [2.45, 2.75) is 0 Å². The largest absolute Gasteiger partial charge is 0.386 e. The molecule has 1 N–H and O–H groups in total. The van der Waals surface area contributed by atoms with E-state index >= 15 is 0 Å². The number of hydrogen-bond donors (Lipinski definition) is 1. The van der Waals surface area contributed by atoms with Gasteiger partial charge >= 0.3 is 23.2 Å². The predicted octanol–water partition coefficient (Wildman–Crippen LogP) is 5.55. The molecule has 0 saturated heterocycles. The Morgan fingerprint density at radius 2 is 1.38 bits per heavy atom. The summed E-state index contributed by atoms with van der Waals surface area (Å²) < 4.78 is 79.1. The van der Waals surface area contributed by atoms with Crippen molar-refractivity contribution in [1.29, 1.82) is 0 Å². The van der Waals surface area contributed by atoms with Crippen LogP contribution in [0.5, 0.6) is 0 Å². The summed E-state index contributed by atoms with van der Waals surface area (Å²) in [5, 5.41) is 9.01. The van der Waals surface area contributed by atoms with Crippen LogP contribution in [0.3, 0.4) is 0 Å². The first-order valence-corrected chi connectivity index (χ1v) is 11.5. The molecule has 1 rings (SSSR count). The fourth-order valence-electron chi connectivity index (χ4n) is 1.05. The molecule has 8 nitrogen and oxygen atoms in total. The Morgan fingerprint density at radius 3 is 1.76 bits per heavy atom. The maximum absolute atomic E-state index is 14.7. The fourth-order valence-corrected chi connectivity index (χ4v) is 10.8. The zero-order valence-electron chi connectivity index (χ0n) is 11.5. The van der Waals surface area contributed by atoms with Crippen LogP contribution in [-0.4, -0.2) is 44.4 Å². The first kappa shape index (κ1) is 19.5. The number of rotatable bonds is 4. The first-order chi connectivity index (χ1) is 9.45. The van der Waals surface area contributed by atoms with Crippen LogP contribution in [0, 0.1) is 0 Å². The summed E-state index contributed by atoms with van der Waals surface area (Å²) >= 11 is 0. The van der Waals surface area contributed by atoms with Crippen LogP contribution in [0.2, 0.25) is 0 Å². The third-order valence-electron chi connectivity index (χ3n) is 2.10. The van der Waals surface area contributed by atoms with E-state index in [4.69, 9.17) is 5.11 Å². The highest BCUT2D eigenvalue weighted by Gasteiger charge is 2.39. The summed E-state index contributed by atoms with van der Waals surface area (Å²) in [5.74, 6) is 0. The van der Waals surface area contributed by atoms with Gasteiger partial charge in [0, 0.05) is 14.2 Å². The monoisotopic (exact) mass is 393 g/mol. The molecule has 0 aromatic rings. The summed E-state index contributed by atoms with van der Waals surface area (Å²) in [6.45, 7) is 0. The molecule has 21 heavy (non-hydrogen) atoms. The molecule has 0 bridgehead atoms. The van der Waals surface area contributed by atoms with E-state index in [1.807, 2.05) is 0 Å². The Kier molecular flexibility index (Phi) is 6.08. The van der Waals surface area contributed by atoms with Gasteiger partial charge in [0.2, 0.25) is 0 Å². The molecule has 4 unspecified atom stereocenters. The maximum atomic E-state index is 14.7. The van der Waals surface area contributed by atoms with E-state index in [0.29, 0.717) is 0 Å². The number of hydrogen-bond acceptors (Lipinski definition) is 8. The molecule has 126 valence electrons.